The zero-order valence-electron chi connectivity index (χ0n) is 64.5. The van der Waals surface area contributed by atoms with E-state index in [9.17, 15) is 43.5 Å². The molecule has 8 amide bonds. The van der Waals surface area contributed by atoms with Crippen molar-refractivity contribution in [3.63, 3.8) is 0 Å². The predicted octanol–water partition coefficient (Wildman–Crippen LogP) is 9.03. The molecule has 9 aromatic rings. The highest BCUT2D eigenvalue weighted by atomic mass is 32.2. The van der Waals surface area contributed by atoms with Gasteiger partial charge in [-0.25, -0.2) is 19.7 Å². The number of pyridine rings is 1. The Morgan fingerprint density at radius 3 is 2.06 bits per heavy atom. The number of urea groups is 1. The van der Waals surface area contributed by atoms with Gasteiger partial charge in [-0.15, -0.1) is 0 Å². The van der Waals surface area contributed by atoms with E-state index in [0.717, 1.165) is 118 Å². The molecule has 0 bridgehead atoms. The van der Waals surface area contributed by atoms with E-state index < -0.39 is 66.3 Å². The number of aliphatic hydroxyl groups excluding tert-OH is 1. The highest BCUT2D eigenvalue weighted by Gasteiger charge is 2.45. The molecule has 115 heavy (non-hydrogen) atoms. The Morgan fingerprint density at radius 1 is 0.722 bits per heavy atom. The van der Waals surface area contributed by atoms with Crippen molar-refractivity contribution in [1.82, 2.24) is 55.5 Å². The van der Waals surface area contributed by atoms with E-state index in [1.807, 2.05) is 140 Å². The standard InChI is InChI=1S/C87H93N13O13S2/c1-86(37-44-96(45-38-86)62-33-41-97(42-34-62)84-93-69-30-27-60(68-55-95(2)81(106)76-66(68)32-40-88-76)53-67(69)79(94-84)87(56-101,113-63-28-29-63)61-20-10-5-11-21-61)91-39-16-19-59-26-31-72(110-3)71(52-59)98-43-35-75(104)100(85(98)109)57-90-74(103)54-89-80(105)70(51-58-17-8-4-9-18-58)92-73(102)36-47-111-49-50-112-48-46-99-82(107)77(114-64-22-12-6-13-23-64)78(83(99)108)115-65-24-14-7-15-25-65/h4-15,17-18,20-27,30-32,40,52-53,55,62-63,70,88,91,101H,28-29,33-39,41-51,54,56-57H2,1-3H3,(H,89,105)(H,90,103)(H,92,102)/t70-,87-/m0/s1. The van der Waals surface area contributed by atoms with E-state index >= 15 is 0 Å². The summed E-state index contributed by atoms with van der Waals surface area (Å²) in [4.78, 5) is 133. The van der Waals surface area contributed by atoms with E-state index in [1.165, 1.54) is 40.4 Å². The van der Waals surface area contributed by atoms with Crippen LogP contribution in [0.1, 0.15) is 80.7 Å². The number of amides is 8. The smallest absolute Gasteiger partial charge is 0.332 e. The van der Waals surface area contributed by atoms with Crippen molar-refractivity contribution in [1.29, 1.82) is 0 Å². The largest absolute Gasteiger partial charge is 0.495 e. The summed E-state index contributed by atoms with van der Waals surface area (Å²) < 4.78 is 25.7. The monoisotopic (exact) mass is 1590 g/mol. The van der Waals surface area contributed by atoms with Crippen molar-refractivity contribution in [2.75, 3.05) is 109 Å². The first-order valence-electron chi connectivity index (χ1n) is 38.9. The Labute approximate surface area is 675 Å². The predicted molar refractivity (Wildman–Crippen MR) is 440 cm³/mol. The number of methoxy groups -OCH3 is 1. The van der Waals surface area contributed by atoms with E-state index in [4.69, 9.17) is 28.9 Å². The number of benzene rings is 6. The Bertz CT molecular complexity index is 5140. The second-order valence-corrected chi connectivity index (χ2v) is 31.5. The number of aliphatic hydroxyl groups is 1. The Morgan fingerprint density at radius 2 is 1.39 bits per heavy atom. The van der Waals surface area contributed by atoms with Crippen LogP contribution in [0.25, 0.3) is 32.9 Å². The average Bonchev–Trinajstić information content (AvgIpc) is 1.24. The lowest BCUT2D eigenvalue weighted by molar-refractivity contribution is -0.138. The number of nitrogens with one attached hydrogen (secondary N) is 5. The number of anilines is 2. The van der Waals surface area contributed by atoms with Crippen LogP contribution in [-0.4, -0.2) is 204 Å². The van der Waals surface area contributed by atoms with Gasteiger partial charge in [-0.1, -0.05) is 138 Å². The molecule has 3 aromatic heterocycles. The molecule has 0 radical (unpaired) electrons. The number of likely N-dealkylation sites (tertiary alicyclic amines) is 1. The average molecular weight is 1590 g/mol. The van der Waals surface area contributed by atoms with E-state index in [-0.39, 0.29) is 82.6 Å². The van der Waals surface area contributed by atoms with Crippen LogP contribution in [0.3, 0.4) is 0 Å². The number of hydrogen-bond donors (Lipinski definition) is 6. The van der Waals surface area contributed by atoms with Crippen LogP contribution < -0.4 is 41.4 Å². The molecule has 4 fully saturated rings. The van der Waals surface area contributed by atoms with Crippen LogP contribution in [0.4, 0.5) is 16.4 Å². The maximum Gasteiger partial charge on any atom is 0.332 e. The maximum absolute atomic E-state index is 14.2. The number of aromatic amines is 1. The number of imide groups is 2. The van der Waals surface area contributed by atoms with Crippen molar-refractivity contribution in [3.05, 3.63) is 219 Å². The van der Waals surface area contributed by atoms with Crippen molar-refractivity contribution >= 4 is 98.4 Å². The van der Waals surface area contributed by atoms with Crippen molar-refractivity contribution in [2.45, 2.75) is 104 Å². The molecule has 26 nitrogen and oxygen atoms in total. The van der Waals surface area contributed by atoms with Gasteiger partial charge in [0, 0.05) is 115 Å². The molecule has 6 N–H and O–H groups in total. The minimum Gasteiger partial charge on any atom is -0.495 e. The van der Waals surface area contributed by atoms with E-state index in [1.54, 1.807) is 42.1 Å². The molecule has 0 unspecified atom stereocenters. The second kappa shape index (κ2) is 37.1. The fourth-order valence-corrected chi connectivity index (χ4v) is 17.0. The first-order chi connectivity index (χ1) is 55.9. The molecule has 4 aliphatic heterocycles. The number of thioether (sulfide) groups is 2. The zero-order valence-corrected chi connectivity index (χ0v) is 66.1. The molecule has 2 atom stereocenters. The first kappa shape index (κ1) is 80.6. The molecule has 596 valence electrons. The van der Waals surface area contributed by atoms with Crippen LogP contribution in [0.5, 0.6) is 5.75 Å². The number of aromatic nitrogens is 4. The van der Waals surface area contributed by atoms with Gasteiger partial charge in [0.25, 0.3) is 17.4 Å². The lowest BCUT2D eigenvalue weighted by Gasteiger charge is -2.45. The van der Waals surface area contributed by atoms with Crippen LogP contribution in [0, 0.1) is 11.8 Å². The number of piperidine rings is 2. The summed E-state index contributed by atoms with van der Waals surface area (Å²) in [7, 11) is 3.24. The minimum atomic E-state index is -1.27. The lowest BCUT2D eigenvalue weighted by Crippen LogP contribution is -2.56. The normalized spacial score (nSPS) is 16.9. The number of fused-ring (bicyclic) bond motifs is 2. The van der Waals surface area contributed by atoms with Gasteiger partial charge in [-0.2, -0.15) is 0 Å². The summed E-state index contributed by atoms with van der Waals surface area (Å²) in [5.41, 5.74) is 4.64. The van der Waals surface area contributed by atoms with Gasteiger partial charge in [0.1, 0.15) is 24.0 Å². The van der Waals surface area contributed by atoms with Crippen molar-refractivity contribution < 1.29 is 57.6 Å². The highest BCUT2D eigenvalue weighted by Crippen LogP contribution is 2.45. The molecule has 28 heteroatoms. The number of aryl methyl sites for hydroxylation is 1. The third-order valence-corrected chi connectivity index (χ3v) is 23.8. The summed E-state index contributed by atoms with van der Waals surface area (Å²) >= 11 is 2.50. The summed E-state index contributed by atoms with van der Waals surface area (Å²) in [6.45, 7) is 4.99. The Hall–Kier alpha value is -11.0. The summed E-state index contributed by atoms with van der Waals surface area (Å²) in [5, 5.41) is 24.9. The fourth-order valence-electron chi connectivity index (χ4n) is 14.9. The first-order valence-corrected chi connectivity index (χ1v) is 40.5. The third kappa shape index (κ3) is 19.2. The van der Waals surface area contributed by atoms with Gasteiger partial charge < -0.3 is 64.7 Å². The van der Waals surface area contributed by atoms with Gasteiger partial charge >= 0.3 is 6.03 Å². The number of ether oxygens (including phenoxy) is 4. The number of hydrogen-bond acceptors (Lipinski definition) is 20. The molecular weight excluding hydrogens is 1500 g/mol. The SMILES string of the molecule is COc1ccc(C#CCNC2(C)CCN(C3CCN(c4nc([C@@](CO)(OC5CC5)c5ccccc5)c5cc(-c6cn(C)c(=O)c7[nH]ccc67)ccc5n4)CC3)CC2)cc1N1CCC(=O)N(CNC(=O)CNC(=O)[C@H](Cc2ccccc2)NC(=O)CCOCCOCCN2C(=O)C(Sc3ccccc3)=C(Sc3ccccc3)C2=O)C1=O. The van der Waals surface area contributed by atoms with Crippen LogP contribution in [0.15, 0.2) is 201 Å². The lowest BCUT2D eigenvalue weighted by atomic mass is 9.87. The molecule has 1 saturated carbocycles. The molecule has 1 aliphatic carbocycles. The van der Waals surface area contributed by atoms with Gasteiger partial charge in [-0.3, -0.25) is 43.4 Å². The number of H-pyrrole nitrogens is 1. The van der Waals surface area contributed by atoms with Gasteiger partial charge in [0.15, 0.2) is 5.60 Å². The number of carbonyl (C=O) groups excluding carboxylic acids is 7. The fraction of sp³-hybridized carbons (Fsp3) is 0.356. The topological polar surface area (TPSA) is 305 Å². The molecule has 14 rings (SSSR count). The summed E-state index contributed by atoms with van der Waals surface area (Å²) in [6.07, 6.45) is 9.02. The van der Waals surface area contributed by atoms with Gasteiger partial charge in [0.2, 0.25) is 29.6 Å². The maximum atomic E-state index is 14.2. The zero-order chi connectivity index (χ0) is 80.0. The summed E-state index contributed by atoms with van der Waals surface area (Å²) in [6, 6.07) is 49.6. The minimum absolute atomic E-state index is 0.00653. The highest BCUT2D eigenvalue weighted by molar-refractivity contribution is 8.08. The van der Waals surface area contributed by atoms with Crippen LogP contribution >= 0.6 is 23.5 Å². The third-order valence-electron chi connectivity index (χ3n) is 21.5. The number of carbonyl (C=O) groups is 7. The molecule has 5 aliphatic rings. The summed E-state index contributed by atoms with van der Waals surface area (Å²) in [5.74, 6) is 4.41. The molecule has 3 saturated heterocycles. The Kier molecular flexibility index (Phi) is 26.0. The molecular formula is C87H93N13O13S2. The number of nitrogens with zero attached hydrogens (tertiary/aromatic N) is 8. The molecule has 6 aromatic carbocycles. The van der Waals surface area contributed by atoms with Gasteiger partial charge in [0.05, 0.1) is 92.6 Å². The Balaban J connectivity index is 0.527. The number of rotatable bonds is 33. The van der Waals surface area contributed by atoms with E-state index in [2.05, 4.69) is 60.9 Å². The molecule has 7 heterocycles. The van der Waals surface area contributed by atoms with Gasteiger partial charge in [-0.05, 0) is 123 Å². The quantitative estimate of drug-likeness (QED) is 0.0127. The van der Waals surface area contributed by atoms with Crippen LogP contribution in [0.2, 0.25) is 0 Å². The van der Waals surface area contributed by atoms with Crippen molar-refractivity contribution in [3.8, 4) is 28.7 Å². The van der Waals surface area contributed by atoms with Crippen molar-refractivity contribution in [2.24, 2.45) is 7.05 Å². The molecule has 0 spiro atoms. The van der Waals surface area contributed by atoms with E-state index in [0.29, 0.717) is 56.6 Å². The second-order valence-electron chi connectivity index (χ2n) is 29.4. The van der Waals surface area contributed by atoms with Crippen LogP contribution in [-0.2, 0) is 62.0 Å².